The number of anilines is 1. The molecule has 0 aliphatic carbocycles. The first-order valence-electron chi connectivity index (χ1n) is 9.87. The van der Waals surface area contributed by atoms with Crippen LogP contribution in [0.25, 0.3) is 5.70 Å². The molecule has 2 aliphatic rings. The summed E-state index contributed by atoms with van der Waals surface area (Å²) in [6, 6.07) is 22.1. The Balaban J connectivity index is 1.66. The molecule has 31 heavy (non-hydrogen) atoms. The molecule has 0 fully saturated rings. The molecule has 1 aromatic heterocycles. The molecule has 2 aliphatic heterocycles. The summed E-state index contributed by atoms with van der Waals surface area (Å²) in [4.78, 5) is 4.37. The van der Waals surface area contributed by atoms with Crippen molar-refractivity contribution in [2.45, 2.75) is 12.1 Å². The van der Waals surface area contributed by atoms with E-state index >= 15 is 4.39 Å². The van der Waals surface area contributed by atoms with E-state index in [4.69, 9.17) is 4.74 Å². The number of ether oxygens (including phenoxy) is 1. The number of nitrogens with one attached hydrogen (secondary N) is 1. The maximum absolute atomic E-state index is 15.1. The van der Waals surface area contributed by atoms with Crippen molar-refractivity contribution in [3.8, 4) is 5.75 Å². The minimum absolute atomic E-state index is 0.297. The zero-order valence-corrected chi connectivity index (χ0v) is 17.8. The van der Waals surface area contributed by atoms with Crippen LogP contribution in [0, 0.1) is 5.82 Å². The number of benzene rings is 3. The molecule has 3 heterocycles. The van der Waals surface area contributed by atoms with Gasteiger partial charge in [0.1, 0.15) is 30.0 Å². The van der Waals surface area contributed by atoms with Gasteiger partial charge in [0.15, 0.2) is 0 Å². The highest BCUT2D eigenvalue weighted by Gasteiger charge is 2.41. The Morgan fingerprint density at radius 2 is 1.84 bits per heavy atom. The van der Waals surface area contributed by atoms with E-state index in [1.165, 1.54) is 12.4 Å². The minimum atomic E-state index is -0.507. The number of nitrogens with zero attached hydrogens (tertiary/aromatic N) is 3. The quantitative estimate of drug-likeness (QED) is 0.402. The average molecular weight is 475 g/mol. The Kier molecular flexibility index (Phi) is 4.17. The summed E-state index contributed by atoms with van der Waals surface area (Å²) in [5, 5.41) is 7.85. The lowest BCUT2D eigenvalue weighted by molar-refractivity contribution is 0.222. The standard InChI is InChI=1S/C24H16BrFN4O/c25-15-7-5-6-14(12-15)23-20-21(17-9-2-4-11-19(17)31-23)29-24-27-13-28-30(24)22(20)16-8-1-3-10-18(16)26/h1-13,22-23H,(H,27,28,29)/t22-,23+/m0/s1. The van der Waals surface area contributed by atoms with Crippen LogP contribution in [-0.4, -0.2) is 14.8 Å². The van der Waals surface area contributed by atoms with Gasteiger partial charge in [-0.25, -0.2) is 9.07 Å². The van der Waals surface area contributed by atoms with Gasteiger partial charge in [-0.15, -0.1) is 0 Å². The lowest BCUT2D eigenvalue weighted by Gasteiger charge is -2.39. The number of rotatable bonds is 2. The van der Waals surface area contributed by atoms with Crippen LogP contribution in [0.3, 0.4) is 0 Å². The maximum atomic E-state index is 15.1. The molecule has 0 unspecified atom stereocenters. The predicted octanol–water partition coefficient (Wildman–Crippen LogP) is 5.74. The summed E-state index contributed by atoms with van der Waals surface area (Å²) in [7, 11) is 0. The van der Waals surface area contributed by atoms with Gasteiger partial charge < -0.3 is 10.1 Å². The van der Waals surface area contributed by atoms with Crippen LogP contribution in [0.5, 0.6) is 5.75 Å². The van der Waals surface area contributed by atoms with Crippen LogP contribution in [0.4, 0.5) is 10.3 Å². The van der Waals surface area contributed by atoms with Gasteiger partial charge in [0.2, 0.25) is 5.95 Å². The third-order valence-electron chi connectivity index (χ3n) is 5.67. The van der Waals surface area contributed by atoms with Crippen LogP contribution in [0.1, 0.15) is 28.8 Å². The lowest BCUT2D eigenvalue weighted by Crippen LogP contribution is -2.32. The second-order valence-corrected chi connectivity index (χ2v) is 8.37. The van der Waals surface area contributed by atoms with Gasteiger partial charge in [0, 0.05) is 21.2 Å². The molecule has 0 spiro atoms. The van der Waals surface area contributed by atoms with E-state index in [0.29, 0.717) is 11.5 Å². The van der Waals surface area contributed by atoms with Crippen molar-refractivity contribution in [1.29, 1.82) is 0 Å². The Morgan fingerprint density at radius 1 is 1.00 bits per heavy atom. The van der Waals surface area contributed by atoms with E-state index in [2.05, 4.69) is 31.3 Å². The Labute approximate surface area is 186 Å². The van der Waals surface area contributed by atoms with Gasteiger partial charge in [-0.3, -0.25) is 0 Å². The van der Waals surface area contributed by atoms with E-state index < -0.39 is 12.1 Å². The number of fused-ring (bicyclic) bond motifs is 3. The lowest BCUT2D eigenvalue weighted by atomic mass is 9.84. The second kappa shape index (κ2) is 7.06. The molecule has 6 rings (SSSR count). The van der Waals surface area contributed by atoms with Crippen LogP contribution < -0.4 is 10.1 Å². The van der Waals surface area contributed by atoms with Crippen molar-refractivity contribution in [3.63, 3.8) is 0 Å². The largest absolute Gasteiger partial charge is 0.480 e. The first-order valence-corrected chi connectivity index (χ1v) is 10.7. The summed E-state index contributed by atoms with van der Waals surface area (Å²) in [5.74, 6) is 1.03. The first-order chi connectivity index (χ1) is 15.2. The summed E-state index contributed by atoms with van der Waals surface area (Å²) >= 11 is 3.56. The highest BCUT2D eigenvalue weighted by molar-refractivity contribution is 9.10. The molecule has 0 amide bonds. The van der Waals surface area contributed by atoms with Crippen molar-refractivity contribution in [2.24, 2.45) is 0 Å². The molecule has 2 atom stereocenters. The third-order valence-corrected chi connectivity index (χ3v) is 6.17. The molecule has 5 nitrogen and oxygen atoms in total. The van der Waals surface area contributed by atoms with Crippen LogP contribution in [0.2, 0.25) is 0 Å². The number of aromatic nitrogens is 3. The van der Waals surface area contributed by atoms with Gasteiger partial charge in [0.25, 0.3) is 0 Å². The third kappa shape index (κ3) is 2.88. The van der Waals surface area contributed by atoms with E-state index in [1.807, 2.05) is 54.6 Å². The van der Waals surface area contributed by atoms with Gasteiger partial charge >= 0.3 is 0 Å². The van der Waals surface area contributed by atoms with Crippen molar-refractivity contribution < 1.29 is 9.13 Å². The molecule has 0 saturated carbocycles. The van der Waals surface area contributed by atoms with Crippen LogP contribution >= 0.6 is 15.9 Å². The Morgan fingerprint density at radius 3 is 2.71 bits per heavy atom. The van der Waals surface area contributed by atoms with E-state index in [0.717, 1.165) is 32.6 Å². The van der Waals surface area contributed by atoms with Gasteiger partial charge in [-0.05, 0) is 35.9 Å². The van der Waals surface area contributed by atoms with E-state index in [9.17, 15) is 0 Å². The number of halogens is 2. The normalized spacial score (nSPS) is 19.0. The molecule has 7 heteroatoms. The summed E-state index contributed by atoms with van der Waals surface area (Å²) in [5.41, 5.74) is 4.16. The Bertz CT molecular complexity index is 1350. The predicted molar refractivity (Wildman–Crippen MR) is 119 cm³/mol. The average Bonchev–Trinajstić information content (AvgIpc) is 3.26. The highest BCUT2D eigenvalue weighted by atomic mass is 79.9. The first kappa shape index (κ1) is 18.3. The summed E-state index contributed by atoms with van der Waals surface area (Å²) in [6.07, 6.45) is 1.05. The maximum Gasteiger partial charge on any atom is 0.226 e. The minimum Gasteiger partial charge on any atom is -0.480 e. The molecular formula is C24H16BrFN4O. The number of para-hydroxylation sites is 1. The van der Waals surface area contributed by atoms with E-state index in [-0.39, 0.29) is 5.82 Å². The zero-order chi connectivity index (χ0) is 20.9. The fourth-order valence-electron chi connectivity index (χ4n) is 4.36. The molecule has 152 valence electrons. The SMILES string of the molecule is Fc1ccccc1[C@H]1C2=C(Nc3ncnn31)c1ccccc1O[C@@H]2c1cccc(Br)c1. The topological polar surface area (TPSA) is 52.0 Å². The van der Waals surface area contributed by atoms with Crippen LogP contribution in [0.15, 0.2) is 89.2 Å². The Hall–Kier alpha value is -3.45. The zero-order valence-electron chi connectivity index (χ0n) is 16.2. The van der Waals surface area contributed by atoms with Gasteiger partial charge in [-0.1, -0.05) is 58.4 Å². The fourth-order valence-corrected chi connectivity index (χ4v) is 4.77. The van der Waals surface area contributed by atoms with E-state index in [1.54, 1.807) is 16.8 Å². The molecule has 1 N–H and O–H groups in total. The molecule has 3 aromatic carbocycles. The summed E-state index contributed by atoms with van der Waals surface area (Å²) in [6.45, 7) is 0. The fraction of sp³-hybridized carbons (Fsp3) is 0.0833. The highest BCUT2D eigenvalue weighted by Crippen LogP contribution is 2.50. The molecular weight excluding hydrogens is 459 g/mol. The van der Waals surface area contributed by atoms with Crippen molar-refractivity contribution >= 4 is 27.6 Å². The monoisotopic (exact) mass is 474 g/mol. The summed E-state index contributed by atoms with van der Waals surface area (Å²) < 4.78 is 24.3. The van der Waals surface area contributed by atoms with Crippen molar-refractivity contribution in [1.82, 2.24) is 14.8 Å². The van der Waals surface area contributed by atoms with Gasteiger partial charge in [0.05, 0.1) is 5.70 Å². The number of hydrogen-bond acceptors (Lipinski definition) is 4. The smallest absolute Gasteiger partial charge is 0.226 e. The van der Waals surface area contributed by atoms with Crippen LogP contribution in [-0.2, 0) is 0 Å². The second-order valence-electron chi connectivity index (χ2n) is 7.46. The van der Waals surface area contributed by atoms with Crippen molar-refractivity contribution in [2.75, 3.05) is 5.32 Å². The molecule has 0 saturated heterocycles. The van der Waals surface area contributed by atoms with Gasteiger partial charge in [-0.2, -0.15) is 10.1 Å². The molecule has 0 radical (unpaired) electrons. The van der Waals surface area contributed by atoms with Crippen molar-refractivity contribution in [3.05, 3.63) is 112 Å². The molecule has 0 bridgehead atoms. The molecule has 4 aromatic rings. The number of hydrogen-bond donors (Lipinski definition) is 1.